The van der Waals surface area contributed by atoms with Gasteiger partial charge in [-0.1, -0.05) is 54.0 Å². The Morgan fingerprint density at radius 1 is 0.974 bits per heavy atom. The summed E-state index contributed by atoms with van der Waals surface area (Å²) in [5.41, 5.74) is 1.64. The number of carbonyl (C=O) groups excluding carboxylic acids is 1. The number of carbonyl (C=O) groups is 1. The summed E-state index contributed by atoms with van der Waals surface area (Å²) >= 11 is 13.5. The summed E-state index contributed by atoms with van der Waals surface area (Å²) in [6, 6.07) is 12.2. The number of sulfonamides is 1. The van der Waals surface area contributed by atoms with Crippen LogP contribution in [0.25, 0.3) is 11.0 Å². The van der Waals surface area contributed by atoms with Gasteiger partial charge in [0.1, 0.15) is 9.92 Å². The molecule has 2 saturated heterocycles. The van der Waals surface area contributed by atoms with Crippen LogP contribution in [-0.2, 0) is 14.8 Å². The molecule has 3 aromatic rings. The summed E-state index contributed by atoms with van der Waals surface area (Å²) in [5, 5.41) is 1.18. The third-order valence-electron chi connectivity index (χ3n) is 7.04. The summed E-state index contributed by atoms with van der Waals surface area (Å²) in [4.78, 5) is 26.9. The number of piperidine rings is 1. The van der Waals surface area contributed by atoms with Gasteiger partial charge in [0.15, 0.2) is 5.82 Å². The number of amides is 1. The molecule has 2 fully saturated rings. The van der Waals surface area contributed by atoms with E-state index in [-0.39, 0.29) is 34.7 Å². The molecule has 2 aliphatic rings. The van der Waals surface area contributed by atoms with Crippen molar-refractivity contribution in [2.75, 3.05) is 49.9 Å². The van der Waals surface area contributed by atoms with E-state index in [1.807, 2.05) is 24.3 Å². The molecule has 1 aromatic heterocycles. The number of piperazine rings is 1. The number of fused-ring (bicyclic) bond motifs is 1. The fourth-order valence-corrected chi connectivity index (χ4v) is 7.78. The molecule has 0 saturated carbocycles. The zero-order chi connectivity index (χ0) is 26.9. The van der Waals surface area contributed by atoms with Crippen molar-refractivity contribution in [3.05, 3.63) is 52.5 Å². The van der Waals surface area contributed by atoms with Crippen LogP contribution in [0.2, 0.25) is 10.0 Å². The van der Waals surface area contributed by atoms with E-state index in [9.17, 15) is 13.2 Å². The molecule has 5 rings (SSSR count). The van der Waals surface area contributed by atoms with Gasteiger partial charge in [0, 0.05) is 44.3 Å². The minimum atomic E-state index is -3.81. The summed E-state index contributed by atoms with van der Waals surface area (Å²) in [6.45, 7) is 5.09. The average Bonchev–Trinajstić information content (AvgIpc) is 2.93. The molecule has 2 aliphatic heterocycles. The van der Waals surface area contributed by atoms with Gasteiger partial charge >= 0.3 is 0 Å². The van der Waals surface area contributed by atoms with Crippen LogP contribution >= 0.6 is 35.0 Å². The maximum atomic E-state index is 13.1. The quantitative estimate of drug-likeness (QED) is 0.379. The first kappa shape index (κ1) is 27.5. The van der Waals surface area contributed by atoms with Gasteiger partial charge in [-0.3, -0.25) is 4.79 Å². The highest BCUT2D eigenvalue weighted by atomic mass is 35.5. The van der Waals surface area contributed by atoms with Crippen LogP contribution < -0.4 is 4.90 Å². The fourth-order valence-electron chi connectivity index (χ4n) is 4.71. The van der Waals surface area contributed by atoms with Crippen molar-refractivity contribution in [1.29, 1.82) is 0 Å². The lowest BCUT2D eigenvalue weighted by Crippen LogP contribution is -2.51. The van der Waals surface area contributed by atoms with Crippen molar-refractivity contribution < 1.29 is 13.2 Å². The number of nitrogens with zero attached hydrogens (tertiary/aromatic N) is 5. The Morgan fingerprint density at radius 3 is 2.32 bits per heavy atom. The largest absolute Gasteiger partial charge is 0.354 e. The lowest BCUT2D eigenvalue weighted by atomic mass is 9.99. The number of halogens is 2. The number of para-hydroxylation sites is 2. The predicted octanol–water partition coefficient (Wildman–Crippen LogP) is 4.80. The summed E-state index contributed by atoms with van der Waals surface area (Å²) < 4.78 is 27.6. The Morgan fingerprint density at radius 2 is 1.63 bits per heavy atom. The van der Waals surface area contributed by atoms with Gasteiger partial charge in [-0.15, -0.1) is 0 Å². The van der Waals surface area contributed by atoms with Crippen LogP contribution in [0.1, 0.15) is 19.8 Å². The van der Waals surface area contributed by atoms with Gasteiger partial charge in [0.05, 0.1) is 21.8 Å². The van der Waals surface area contributed by atoms with Gasteiger partial charge in [0.25, 0.3) is 0 Å². The summed E-state index contributed by atoms with van der Waals surface area (Å²) in [5.74, 6) is 1.68. The van der Waals surface area contributed by atoms with Crippen LogP contribution in [-0.4, -0.2) is 78.5 Å². The molecule has 0 spiro atoms. The highest BCUT2D eigenvalue weighted by Gasteiger charge is 2.32. The Kier molecular flexibility index (Phi) is 8.35. The van der Waals surface area contributed by atoms with E-state index in [1.54, 1.807) is 11.0 Å². The minimum absolute atomic E-state index is 0.0171. The second kappa shape index (κ2) is 11.6. The Labute approximate surface area is 237 Å². The standard InChI is InChI=1S/C26H29Cl2N5O3S2/c1-18-8-10-32(11-9-18)25-26(30-22-5-3-2-4-21(22)29-25)37-17-24(34)31-12-14-33(15-13-31)38(35,36)23-16-19(27)6-7-20(23)28/h2-7,16,18H,8-15,17H2,1H3. The smallest absolute Gasteiger partial charge is 0.244 e. The monoisotopic (exact) mass is 593 g/mol. The molecule has 0 bridgehead atoms. The van der Waals surface area contributed by atoms with Crippen LogP contribution in [0.15, 0.2) is 52.4 Å². The van der Waals surface area contributed by atoms with E-state index in [2.05, 4.69) is 11.8 Å². The summed E-state index contributed by atoms with van der Waals surface area (Å²) in [7, 11) is -3.81. The second-order valence-corrected chi connectivity index (χ2v) is 13.4. The molecular weight excluding hydrogens is 565 g/mol. The van der Waals surface area contributed by atoms with Crippen molar-refractivity contribution in [1.82, 2.24) is 19.2 Å². The zero-order valence-corrected chi connectivity index (χ0v) is 24.2. The Balaban J connectivity index is 1.25. The van der Waals surface area contributed by atoms with Crippen molar-refractivity contribution in [2.45, 2.75) is 29.7 Å². The van der Waals surface area contributed by atoms with Crippen LogP contribution in [0.4, 0.5) is 5.82 Å². The molecule has 0 radical (unpaired) electrons. The molecule has 2 aromatic carbocycles. The second-order valence-electron chi connectivity index (χ2n) is 9.66. The van der Waals surface area contributed by atoms with Gasteiger partial charge in [-0.25, -0.2) is 18.4 Å². The Bertz CT molecular complexity index is 1440. The van der Waals surface area contributed by atoms with Gasteiger partial charge in [0.2, 0.25) is 15.9 Å². The SMILES string of the molecule is CC1CCN(c2nc3ccccc3nc2SCC(=O)N2CCN(S(=O)(=O)c3cc(Cl)ccc3Cl)CC2)CC1. The number of benzene rings is 2. The molecule has 0 unspecified atom stereocenters. The van der Waals surface area contributed by atoms with Gasteiger partial charge in [-0.2, -0.15) is 4.31 Å². The molecule has 1 amide bonds. The number of anilines is 1. The topological polar surface area (TPSA) is 86.7 Å². The molecule has 0 N–H and O–H groups in total. The highest BCUT2D eigenvalue weighted by Crippen LogP contribution is 2.32. The van der Waals surface area contributed by atoms with Crippen LogP contribution in [0.5, 0.6) is 0 Å². The number of hydrogen-bond donors (Lipinski definition) is 0. The highest BCUT2D eigenvalue weighted by molar-refractivity contribution is 8.00. The lowest BCUT2D eigenvalue weighted by Gasteiger charge is -2.34. The van der Waals surface area contributed by atoms with Gasteiger partial charge in [-0.05, 0) is 49.1 Å². The van der Waals surface area contributed by atoms with Crippen molar-refractivity contribution >= 4 is 67.7 Å². The molecule has 0 atom stereocenters. The van der Waals surface area contributed by atoms with E-state index in [1.165, 1.54) is 28.2 Å². The molecule has 12 heteroatoms. The normalized spacial score (nSPS) is 17.8. The lowest BCUT2D eigenvalue weighted by molar-refractivity contribution is -0.129. The first-order valence-corrected chi connectivity index (χ1v) is 15.8. The van der Waals surface area contributed by atoms with Crippen LogP contribution in [0, 0.1) is 5.92 Å². The molecule has 3 heterocycles. The first-order chi connectivity index (χ1) is 18.2. The van der Waals surface area contributed by atoms with Crippen molar-refractivity contribution in [3.63, 3.8) is 0 Å². The fraction of sp³-hybridized carbons (Fsp3) is 0.423. The van der Waals surface area contributed by atoms with E-state index in [0.29, 0.717) is 24.0 Å². The molecule has 0 aliphatic carbocycles. The van der Waals surface area contributed by atoms with E-state index >= 15 is 0 Å². The maximum absolute atomic E-state index is 13.1. The zero-order valence-electron chi connectivity index (χ0n) is 21.0. The molecule has 202 valence electrons. The Hall–Kier alpha value is -2.11. The average molecular weight is 595 g/mol. The summed E-state index contributed by atoms with van der Waals surface area (Å²) in [6.07, 6.45) is 2.20. The molecule has 38 heavy (non-hydrogen) atoms. The van der Waals surface area contributed by atoms with E-state index in [4.69, 9.17) is 33.2 Å². The predicted molar refractivity (Wildman–Crippen MR) is 153 cm³/mol. The van der Waals surface area contributed by atoms with Crippen molar-refractivity contribution in [2.24, 2.45) is 5.92 Å². The van der Waals surface area contributed by atoms with Crippen LogP contribution in [0.3, 0.4) is 0 Å². The van der Waals surface area contributed by atoms with Crippen molar-refractivity contribution in [3.8, 4) is 0 Å². The number of aromatic nitrogens is 2. The minimum Gasteiger partial charge on any atom is -0.354 e. The maximum Gasteiger partial charge on any atom is 0.244 e. The molecule has 8 nitrogen and oxygen atoms in total. The third kappa shape index (κ3) is 5.89. The number of rotatable bonds is 6. The van der Waals surface area contributed by atoms with E-state index in [0.717, 1.165) is 47.8 Å². The molecular formula is C26H29Cl2N5O3S2. The number of hydrogen-bond acceptors (Lipinski definition) is 7. The number of thioether (sulfide) groups is 1. The van der Waals surface area contributed by atoms with Gasteiger partial charge < -0.3 is 9.80 Å². The van der Waals surface area contributed by atoms with E-state index < -0.39 is 10.0 Å². The first-order valence-electron chi connectivity index (χ1n) is 12.6. The third-order valence-corrected chi connectivity index (χ3v) is 10.6.